The van der Waals surface area contributed by atoms with Crippen molar-refractivity contribution in [3.05, 3.63) is 29.1 Å². The van der Waals surface area contributed by atoms with E-state index in [1.807, 2.05) is 13.8 Å². The lowest BCUT2D eigenvalue weighted by molar-refractivity contribution is 0.0695. The summed E-state index contributed by atoms with van der Waals surface area (Å²) < 4.78 is 0. The van der Waals surface area contributed by atoms with Gasteiger partial charge in [0.2, 0.25) is 0 Å². The quantitative estimate of drug-likeness (QED) is 0.772. The van der Waals surface area contributed by atoms with Crippen molar-refractivity contribution in [2.75, 3.05) is 0 Å². The second-order valence-corrected chi connectivity index (χ2v) is 3.06. The summed E-state index contributed by atoms with van der Waals surface area (Å²) in [6, 6.07) is 1.67. The van der Waals surface area contributed by atoms with E-state index in [0.717, 1.165) is 18.4 Å². The van der Waals surface area contributed by atoms with Crippen molar-refractivity contribution < 1.29 is 9.90 Å². The molecule has 0 unspecified atom stereocenters. The van der Waals surface area contributed by atoms with Gasteiger partial charge in [-0.3, -0.25) is 4.98 Å². The van der Waals surface area contributed by atoms with E-state index < -0.39 is 5.97 Å². The Morgan fingerprint density at radius 2 is 2.31 bits per heavy atom. The van der Waals surface area contributed by atoms with E-state index in [2.05, 4.69) is 4.98 Å². The van der Waals surface area contributed by atoms with Gasteiger partial charge >= 0.3 is 5.97 Å². The molecule has 0 bridgehead atoms. The van der Waals surface area contributed by atoms with E-state index in [9.17, 15) is 4.79 Å². The molecule has 3 heteroatoms. The highest BCUT2D eigenvalue weighted by atomic mass is 16.4. The fourth-order valence-electron chi connectivity index (χ4n) is 1.22. The van der Waals surface area contributed by atoms with Gasteiger partial charge in [0, 0.05) is 6.20 Å². The molecule has 0 aromatic carbocycles. The molecule has 0 spiro atoms. The van der Waals surface area contributed by atoms with Gasteiger partial charge in [0.25, 0.3) is 0 Å². The van der Waals surface area contributed by atoms with Crippen LogP contribution in [0.4, 0.5) is 0 Å². The Morgan fingerprint density at radius 1 is 1.62 bits per heavy atom. The Morgan fingerprint density at radius 3 is 2.85 bits per heavy atom. The molecule has 0 radical (unpaired) electrons. The van der Waals surface area contributed by atoms with E-state index in [4.69, 9.17) is 5.11 Å². The molecule has 1 aromatic heterocycles. The van der Waals surface area contributed by atoms with Crippen molar-refractivity contribution in [2.45, 2.75) is 26.7 Å². The number of aromatic carboxylic acids is 1. The van der Waals surface area contributed by atoms with Crippen LogP contribution in [-0.2, 0) is 6.42 Å². The first-order valence-corrected chi connectivity index (χ1v) is 4.34. The minimum absolute atomic E-state index is 0.335. The third kappa shape index (κ3) is 2.28. The van der Waals surface area contributed by atoms with E-state index in [0.29, 0.717) is 11.3 Å². The fraction of sp³-hybridized carbons (Fsp3) is 0.400. The van der Waals surface area contributed by atoms with E-state index in [1.54, 1.807) is 12.3 Å². The van der Waals surface area contributed by atoms with Gasteiger partial charge in [-0.25, -0.2) is 4.79 Å². The van der Waals surface area contributed by atoms with Crippen LogP contribution in [0, 0.1) is 6.92 Å². The summed E-state index contributed by atoms with van der Waals surface area (Å²) in [6.07, 6.45) is 3.34. The van der Waals surface area contributed by atoms with E-state index >= 15 is 0 Å². The molecule has 13 heavy (non-hydrogen) atoms. The molecule has 0 aliphatic carbocycles. The van der Waals surface area contributed by atoms with Gasteiger partial charge in [-0.15, -0.1) is 0 Å². The van der Waals surface area contributed by atoms with Gasteiger partial charge in [0.05, 0.1) is 11.3 Å². The maximum Gasteiger partial charge on any atom is 0.337 e. The fourth-order valence-corrected chi connectivity index (χ4v) is 1.22. The standard InChI is InChI=1S/C10H13NO2/c1-3-4-9-8(10(12)13)5-7(2)6-11-9/h5-6H,3-4H2,1-2H3,(H,12,13). The summed E-state index contributed by atoms with van der Waals surface area (Å²) in [5.41, 5.74) is 1.90. The molecule has 0 aliphatic heterocycles. The van der Waals surface area contributed by atoms with E-state index in [-0.39, 0.29) is 0 Å². The van der Waals surface area contributed by atoms with Crippen LogP contribution in [0.15, 0.2) is 12.3 Å². The van der Waals surface area contributed by atoms with Gasteiger partial charge in [0.1, 0.15) is 0 Å². The predicted molar refractivity (Wildman–Crippen MR) is 49.9 cm³/mol. The highest BCUT2D eigenvalue weighted by Crippen LogP contribution is 2.10. The predicted octanol–water partition coefficient (Wildman–Crippen LogP) is 2.04. The number of carbonyl (C=O) groups is 1. The first-order valence-electron chi connectivity index (χ1n) is 4.34. The number of hydrogen-bond acceptors (Lipinski definition) is 2. The number of aromatic nitrogens is 1. The van der Waals surface area contributed by atoms with Crippen LogP contribution in [0.1, 0.15) is 35.0 Å². The summed E-state index contributed by atoms with van der Waals surface area (Å²) in [4.78, 5) is 14.9. The van der Waals surface area contributed by atoms with Crippen LogP contribution in [0.3, 0.4) is 0 Å². The second kappa shape index (κ2) is 4.03. The van der Waals surface area contributed by atoms with Crippen LogP contribution < -0.4 is 0 Å². The van der Waals surface area contributed by atoms with Crippen molar-refractivity contribution >= 4 is 5.97 Å². The normalized spacial score (nSPS) is 10.0. The van der Waals surface area contributed by atoms with Crippen molar-refractivity contribution in [3.8, 4) is 0 Å². The Hall–Kier alpha value is -1.38. The zero-order valence-electron chi connectivity index (χ0n) is 7.87. The topological polar surface area (TPSA) is 50.2 Å². The molecule has 1 aromatic rings. The number of carboxylic acids is 1. The van der Waals surface area contributed by atoms with E-state index in [1.165, 1.54) is 0 Å². The monoisotopic (exact) mass is 179 g/mol. The molecular formula is C10H13NO2. The number of rotatable bonds is 3. The van der Waals surface area contributed by atoms with Crippen molar-refractivity contribution in [1.82, 2.24) is 4.98 Å². The third-order valence-corrected chi connectivity index (χ3v) is 1.82. The average Bonchev–Trinajstić information content (AvgIpc) is 2.08. The smallest absolute Gasteiger partial charge is 0.337 e. The van der Waals surface area contributed by atoms with Crippen LogP contribution in [0.5, 0.6) is 0 Å². The summed E-state index contributed by atoms with van der Waals surface area (Å²) in [6.45, 7) is 3.85. The Balaban J connectivity index is 3.10. The highest BCUT2D eigenvalue weighted by Gasteiger charge is 2.10. The number of aryl methyl sites for hydroxylation is 2. The third-order valence-electron chi connectivity index (χ3n) is 1.82. The number of nitrogens with zero attached hydrogens (tertiary/aromatic N) is 1. The average molecular weight is 179 g/mol. The van der Waals surface area contributed by atoms with Crippen LogP contribution in [0.25, 0.3) is 0 Å². The molecule has 0 aliphatic rings. The largest absolute Gasteiger partial charge is 0.478 e. The molecule has 0 saturated carbocycles. The van der Waals surface area contributed by atoms with Gasteiger partial charge in [0.15, 0.2) is 0 Å². The maximum atomic E-state index is 10.8. The first kappa shape index (κ1) is 9.71. The molecule has 0 fully saturated rings. The molecule has 3 nitrogen and oxygen atoms in total. The first-order chi connectivity index (χ1) is 6.15. The van der Waals surface area contributed by atoms with Crippen LogP contribution in [-0.4, -0.2) is 16.1 Å². The van der Waals surface area contributed by atoms with Gasteiger partial charge in [-0.2, -0.15) is 0 Å². The summed E-state index contributed by atoms with van der Waals surface area (Å²) in [5, 5.41) is 8.88. The summed E-state index contributed by atoms with van der Waals surface area (Å²) >= 11 is 0. The van der Waals surface area contributed by atoms with Crippen LogP contribution >= 0.6 is 0 Å². The second-order valence-electron chi connectivity index (χ2n) is 3.06. The molecule has 1 rings (SSSR count). The Kier molecular flexibility index (Phi) is 3.01. The highest BCUT2D eigenvalue weighted by molar-refractivity contribution is 5.89. The lowest BCUT2D eigenvalue weighted by atomic mass is 10.1. The molecule has 0 atom stereocenters. The number of pyridine rings is 1. The Labute approximate surface area is 77.4 Å². The maximum absolute atomic E-state index is 10.8. The van der Waals surface area contributed by atoms with Crippen molar-refractivity contribution in [1.29, 1.82) is 0 Å². The lowest BCUT2D eigenvalue weighted by Gasteiger charge is -2.03. The van der Waals surface area contributed by atoms with Crippen LogP contribution in [0.2, 0.25) is 0 Å². The lowest BCUT2D eigenvalue weighted by Crippen LogP contribution is -2.05. The molecular weight excluding hydrogens is 166 g/mol. The molecule has 0 amide bonds. The zero-order chi connectivity index (χ0) is 9.84. The minimum Gasteiger partial charge on any atom is -0.478 e. The molecule has 1 N–H and O–H groups in total. The SMILES string of the molecule is CCCc1ncc(C)cc1C(=O)O. The van der Waals surface area contributed by atoms with Crippen molar-refractivity contribution in [2.24, 2.45) is 0 Å². The Bertz CT molecular complexity index is 321. The summed E-state index contributed by atoms with van der Waals surface area (Å²) in [7, 11) is 0. The number of carboxylic acid groups (broad SMARTS) is 1. The van der Waals surface area contributed by atoms with Crippen molar-refractivity contribution in [3.63, 3.8) is 0 Å². The molecule has 70 valence electrons. The zero-order valence-corrected chi connectivity index (χ0v) is 7.87. The van der Waals surface area contributed by atoms with Gasteiger partial charge in [-0.05, 0) is 25.0 Å². The molecule has 1 heterocycles. The minimum atomic E-state index is -0.889. The number of hydrogen-bond donors (Lipinski definition) is 1. The summed E-state index contributed by atoms with van der Waals surface area (Å²) in [5.74, 6) is -0.889. The molecule has 0 saturated heterocycles. The van der Waals surface area contributed by atoms with Gasteiger partial charge < -0.3 is 5.11 Å². The van der Waals surface area contributed by atoms with Gasteiger partial charge in [-0.1, -0.05) is 13.3 Å².